The number of fused-ring (bicyclic) bond motifs is 1. The van der Waals surface area contributed by atoms with Gasteiger partial charge in [-0.05, 0) is 26.3 Å². The largest absolute Gasteiger partial charge is 0.462 e. The lowest BCUT2D eigenvalue weighted by atomic mass is 10.1. The van der Waals surface area contributed by atoms with E-state index in [0.717, 1.165) is 21.6 Å². The second-order valence-electron chi connectivity index (χ2n) is 5.06. The molecule has 0 aromatic carbocycles. The Balaban J connectivity index is 2.49. The Hall–Kier alpha value is -2.20. The van der Waals surface area contributed by atoms with E-state index in [4.69, 9.17) is 10.00 Å². The van der Waals surface area contributed by atoms with Crippen molar-refractivity contribution in [3.63, 3.8) is 0 Å². The predicted octanol–water partition coefficient (Wildman–Crippen LogP) is 2.77. The normalized spacial score (nSPS) is 12.0. The molecule has 2 aromatic rings. The number of aryl methyl sites for hydroxylation is 1. The number of rotatable bonds is 5. The van der Waals surface area contributed by atoms with Gasteiger partial charge in [-0.25, -0.2) is 14.8 Å². The highest BCUT2D eigenvalue weighted by molar-refractivity contribution is 7.20. The van der Waals surface area contributed by atoms with Gasteiger partial charge in [0.25, 0.3) is 0 Å². The zero-order valence-corrected chi connectivity index (χ0v) is 13.9. The van der Waals surface area contributed by atoms with E-state index >= 15 is 0 Å². The third-order valence-electron chi connectivity index (χ3n) is 3.30. The molecule has 0 bridgehead atoms. The lowest BCUT2D eigenvalue weighted by Crippen LogP contribution is -2.24. The lowest BCUT2D eigenvalue weighted by Gasteiger charge is -2.20. The second-order valence-corrected chi connectivity index (χ2v) is 6.06. The minimum Gasteiger partial charge on any atom is -0.462 e. The Morgan fingerprint density at radius 2 is 2.27 bits per heavy atom. The van der Waals surface area contributed by atoms with E-state index in [1.807, 2.05) is 25.8 Å². The third-order valence-corrected chi connectivity index (χ3v) is 4.48. The van der Waals surface area contributed by atoms with Crippen LogP contribution in [0.25, 0.3) is 10.2 Å². The number of nitrogens with zero attached hydrogens (tertiary/aromatic N) is 4. The van der Waals surface area contributed by atoms with Gasteiger partial charge in [0, 0.05) is 13.6 Å². The Bertz CT molecular complexity index is 735. The molecule has 2 rings (SSSR count). The van der Waals surface area contributed by atoms with Crippen molar-refractivity contribution in [2.24, 2.45) is 5.92 Å². The van der Waals surface area contributed by atoms with Gasteiger partial charge in [-0.3, -0.25) is 0 Å². The van der Waals surface area contributed by atoms with Crippen LogP contribution in [0.4, 0.5) is 5.82 Å². The molecule has 0 saturated carbocycles. The van der Waals surface area contributed by atoms with E-state index in [9.17, 15) is 4.79 Å². The number of esters is 1. The Kier molecular flexibility index (Phi) is 4.93. The van der Waals surface area contributed by atoms with Crippen LogP contribution in [-0.2, 0) is 4.74 Å². The monoisotopic (exact) mass is 318 g/mol. The summed E-state index contributed by atoms with van der Waals surface area (Å²) in [5.74, 6) is 0.289. The SMILES string of the molecule is CCOC(=O)c1sc2ncnc(N(C)C[C@H](C)C#N)c2c1C. The molecule has 1 atom stereocenters. The molecule has 7 heteroatoms. The van der Waals surface area contributed by atoms with Crippen LogP contribution < -0.4 is 4.90 Å². The molecule has 116 valence electrons. The first kappa shape index (κ1) is 16.2. The molecule has 0 unspecified atom stereocenters. The maximum Gasteiger partial charge on any atom is 0.348 e. The molecule has 0 fully saturated rings. The smallest absolute Gasteiger partial charge is 0.348 e. The van der Waals surface area contributed by atoms with Crippen molar-refractivity contribution in [2.75, 3.05) is 25.1 Å². The molecule has 0 saturated heterocycles. The molecular formula is C15H18N4O2S. The summed E-state index contributed by atoms with van der Waals surface area (Å²) in [7, 11) is 1.89. The van der Waals surface area contributed by atoms with Gasteiger partial charge in [0.15, 0.2) is 0 Å². The minimum absolute atomic E-state index is 0.113. The summed E-state index contributed by atoms with van der Waals surface area (Å²) in [5.41, 5.74) is 0.825. The Labute approximate surface area is 133 Å². The van der Waals surface area contributed by atoms with Gasteiger partial charge >= 0.3 is 5.97 Å². The van der Waals surface area contributed by atoms with Crippen LogP contribution in [0.1, 0.15) is 29.1 Å². The van der Waals surface area contributed by atoms with Gasteiger partial charge in [0.2, 0.25) is 0 Å². The highest BCUT2D eigenvalue weighted by Gasteiger charge is 2.21. The minimum atomic E-state index is -0.331. The standard InChI is InChI=1S/C15H18N4O2S/c1-5-21-15(20)12-10(3)11-13(17-8-18-14(11)22-12)19(4)7-9(2)6-16/h8-9H,5,7H2,1-4H3/t9-/m1/s1. The molecule has 2 aromatic heterocycles. The number of hydrogen-bond donors (Lipinski definition) is 0. The number of thiophene rings is 1. The number of anilines is 1. The summed E-state index contributed by atoms with van der Waals surface area (Å²) < 4.78 is 5.09. The van der Waals surface area contributed by atoms with Crippen molar-refractivity contribution < 1.29 is 9.53 Å². The molecular weight excluding hydrogens is 300 g/mol. The Morgan fingerprint density at radius 1 is 1.55 bits per heavy atom. The van der Waals surface area contributed by atoms with Crippen molar-refractivity contribution in [1.29, 1.82) is 5.26 Å². The first-order valence-electron chi connectivity index (χ1n) is 7.01. The van der Waals surface area contributed by atoms with Crippen LogP contribution in [0, 0.1) is 24.2 Å². The van der Waals surface area contributed by atoms with Crippen molar-refractivity contribution in [3.8, 4) is 6.07 Å². The topological polar surface area (TPSA) is 79.1 Å². The number of ether oxygens (including phenoxy) is 1. The van der Waals surface area contributed by atoms with Gasteiger partial charge < -0.3 is 9.64 Å². The number of carbonyl (C=O) groups excluding carboxylic acids is 1. The van der Waals surface area contributed by atoms with Crippen LogP contribution in [0.15, 0.2) is 6.33 Å². The summed E-state index contributed by atoms with van der Waals surface area (Å²) in [6.45, 7) is 6.42. The van der Waals surface area contributed by atoms with Crippen LogP contribution in [0.3, 0.4) is 0 Å². The summed E-state index contributed by atoms with van der Waals surface area (Å²) >= 11 is 1.31. The van der Waals surface area contributed by atoms with E-state index in [-0.39, 0.29) is 11.9 Å². The Morgan fingerprint density at radius 3 is 2.91 bits per heavy atom. The average Bonchev–Trinajstić information content (AvgIpc) is 2.84. The van der Waals surface area contributed by atoms with Gasteiger partial charge in [-0.2, -0.15) is 5.26 Å². The fraction of sp³-hybridized carbons (Fsp3) is 0.467. The first-order chi connectivity index (χ1) is 10.5. The van der Waals surface area contributed by atoms with E-state index in [1.165, 1.54) is 17.7 Å². The van der Waals surface area contributed by atoms with E-state index < -0.39 is 0 Å². The number of carbonyl (C=O) groups is 1. The molecule has 0 radical (unpaired) electrons. The van der Waals surface area contributed by atoms with Crippen LogP contribution >= 0.6 is 11.3 Å². The molecule has 22 heavy (non-hydrogen) atoms. The molecule has 0 spiro atoms. The fourth-order valence-electron chi connectivity index (χ4n) is 2.27. The average molecular weight is 318 g/mol. The summed E-state index contributed by atoms with van der Waals surface area (Å²) in [5, 5.41) is 9.82. The molecule has 6 nitrogen and oxygen atoms in total. The summed E-state index contributed by atoms with van der Waals surface area (Å²) in [4.78, 5) is 23.8. The zero-order chi connectivity index (χ0) is 16.3. The maximum atomic E-state index is 12.0. The number of aromatic nitrogens is 2. The molecule has 0 aliphatic carbocycles. The fourth-order valence-corrected chi connectivity index (χ4v) is 3.31. The maximum absolute atomic E-state index is 12.0. The van der Waals surface area contributed by atoms with Gasteiger partial charge in [0.05, 0.1) is 24.0 Å². The highest BCUT2D eigenvalue weighted by Crippen LogP contribution is 2.35. The molecule has 0 aliphatic rings. The third kappa shape index (κ3) is 3.02. The zero-order valence-electron chi connectivity index (χ0n) is 13.1. The molecule has 0 N–H and O–H groups in total. The van der Waals surface area contributed by atoms with Gasteiger partial charge in [0.1, 0.15) is 21.9 Å². The van der Waals surface area contributed by atoms with Crippen molar-refractivity contribution >= 4 is 33.3 Å². The van der Waals surface area contributed by atoms with Crippen LogP contribution in [-0.4, -0.2) is 36.1 Å². The van der Waals surface area contributed by atoms with E-state index in [0.29, 0.717) is 18.0 Å². The predicted molar refractivity (Wildman–Crippen MR) is 86.2 cm³/mol. The molecule has 0 amide bonds. The van der Waals surface area contributed by atoms with E-state index in [1.54, 1.807) is 6.92 Å². The van der Waals surface area contributed by atoms with Gasteiger partial charge in [-0.15, -0.1) is 11.3 Å². The number of nitriles is 1. The summed E-state index contributed by atoms with van der Waals surface area (Å²) in [6.07, 6.45) is 1.48. The van der Waals surface area contributed by atoms with Crippen molar-refractivity contribution in [1.82, 2.24) is 9.97 Å². The summed E-state index contributed by atoms with van der Waals surface area (Å²) in [6, 6.07) is 2.21. The molecule has 0 aliphatic heterocycles. The van der Waals surface area contributed by atoms with Crippen LogP contribution in [0.2, 0.25) is 0 Å². The van der Waals surface area contributed by atoms with Gasteiger partial charge in [-0.1, -0.05) is 0 Å². The van der Waals surface area contributed by atoms with Crippen molar-refractivity contribution in [2.45, 2.75) is 20.8 Å². The number of hydrogen-bond acceptors (Lipinski definition) is 7. The lowest BCUT2D eigenvalue weighted by molar-refractivity contribution is 0.0531. The van der Waals surface area contributed by atoms with Crippen molar-refractivity contribution in [3.05, 3.63) is 16.8 Å². The molecule has 2 heterocycles. The van der Waals surface area contributed by atoms with E-state index in [2.05, 4.69) is 16.0 Å². The quantitative estimate of drug-likeness (QED) is 0.789. The van der Waals surface area contributed by atoms with Crippen LogP contribution in [0.5, 0.6) is 0 Å². The second kappa shape index (κ2) is 6.71. The highest BCUT2D eigenvalue weighted by atomic mass is 32.1. The first-order valence-corrected chi connectivity index (χ1v) is 7.83.